The van der Waals surface area contributed by atoms with E-state index in [4.69, 9.17) is 21.7 Å². The molecule has 0 radical (unpaired) electrons. The van der Waals surface area contributed by atoms with Gasteiger partial charge in [0.25, 0.3) is 0 Å². The van der Waals surface area contributed by atoms with Crippen LogP contribution in [0.2, 0.25) is 0 Å². The van der Waals surface area contributed by atoms with E-state index in [2.05, 4.69) is 17.6 Å². The van der Waals surface area contributed by atoms with Crippen LogP contribution in [0, 0.1) is 0 Å². The number of thiocarbonyl (C=S) groups is 1. The van der Waals surface area contributed by atoms with Gasteiger partial charge in [0, 0.05) is 12.3 Å². The molecule has 1 fully saturated rings. The molecule has 0 aromatic heterocycles. The molecule has 22 heavy (non-hydrogen) atoms. The molecule has 2 atom stereocenters. The van der Waals surface area contributed by atoms with Gasteiger partial charge in [-0.1, -0.05) is 0 Å². The second kappa shape index (κ2) is 8.10. The van der Waals surface area contributed by atoms with Gasteiger partial charge in [-0.3, -0.25) is 0 Å². The highest BCUT2D eigenvalue weighted by Crippen LogP contribution is 2.16. The van der Waals surface area contributed by atoms with Crippen molar-refractivity contribution in [3.8, 4) is 0 Å². The Balaban J connectivity index is 1.84. The number of rotatable bonds is 5. The van der Waals surface area contributed by atoms with Gasteiger partial charge in [-0.2, -0.15) is 0 Å². The molecule has 1 aliphatic heterocycles. The number of hydrogen-bond acceptors (Lipinski definition) is 4. The maximum atomic E-state index is 11.6. The largest absolute Gasteiger partial charge is 0.462 e. The van der Waals surface area contributed by atoms with Crippen molar-refractivity contribution in [2.45, 2.75) is 38.8 Å². The van der Waals surface area contributed by atoms with Gasteiger partial charge in [-0.15, -0.1) is 0 Å². The lowest BCUT2D eigenvalue weighted by atomic mass is 10.1. The molecule has 2 unspecified atom stereocenters. The minimum atomic E-state index is -0.318. The summed E-state index contributed by atoms with van der Waals surface area (Å²) in [7, 11) is 0. The minimum Gasteiger partial charge on any atom is -0.462 e. The van der Waals surface area contributed by atoms with E-state index in [-0.39, 0.29) is 18.1 Å². The van der Waals surface area contributed by atoms with Crippen LogP contribution in [0.5, 0.6) is 0 Å². The summed E-state index contributed by atoms with van der Waals surface area (Å²) in [6, 6.07) is 7.20. The number of ether oxygens (including phenoxy) is 2. The first-order valence-corrected chi connectivity index (χ1v) is 7.97. The molecule has 1 saturated heterocycles. The van der Waals surface area contributed by atoms with Gasteiger partial charge in [0.2, 0.25) is 0 Å². The number of hydrogen-bond donors (Lipinski definition) is 2. The highest BCUT2D eigenvalue weighted by Gasteiger charge is 2.22. The van der Waals surface area contributed by atoms with Gasteiger partial charge < -0.3 is 20.1 Å². The van der Waals surface area contributed by atoms with Crippen LogP contribution in [-0.2, 0) is 9.47 Å². The first kappa shape index (κ1) is 16.7. The van der Waals surface area contributed by atoms with Crippen molar-refractivity contribution < 1.29 is 14.3 Å². The molecule has 1 aliphatic rings. The van der Waals surface area contributed by atoms with Crippen LogP contribution >= 0.6 is 12.2 Å². The average molecular weight is 322 g/mol. The van der Waals surface area contributed by atoms with E-state index < -0.39 is 0 Å². The predicted octanol–water partition coefficient (Wildman–Crippen LogP) is 2.72. The van der Waals surface area contributed by atoms with E-state index in [9.17, 15) is 4.79 Å². The van der Waals surface area contributed by atoms with Gasteiger partial charge in [0.1, 0.15) is 0 Å². The second-order valence-electron chi connectivity index (χ2n) is 5.24. The SMILES string of the molecule is CCOC(=O)c1ccc(NC(=S)NC(C)C2CCCO2)cc1. The number of nitrogens with one attached hydrogen (secondary N) is 2. The third-order valence-electron chi connectivity index (χ3n) is 3.54. The van der Waals surface area contributed by atoms with Crippen molar-refractivity contribution in [2.75, 3.05) is 18.5 Å². The minimum absolute atomic E-state index is 0.168. The van der Waals surface area contributed by atoms with E-state index >= 15 is 0 Å². The van der Waals surface area contributed by atoms with Crippen molar-refractivity contribution in [1.82, 2.24) is 5.32 Å². The van der Waals surface area contributed by atoms with Crippen LogP contribution in [0.3, 0.4) is 0 Å². The summed E-state index contributed by atoms with van der Waals surface area (Å²) in [5.74, 6) is -0.318. The van der Waals surface area contributed by atoms with E-state index in [1.807, 2.05) is 0 Å². The summed E-state index contributed by atoms with van der Waals surface area (Å²) in [6.45, 7) is 5.04. The molecule has 0 bridgehead atoms. The van der Waals surface area contributed by atoms with Crippen LogP contribution in [0.25, 0.3) is 0 Å². The maximum absolute atomic E-state index is 11.6. The Morgan fingerprint density at radius 2 is 2.18 bits per heavy atom. The predicted molar refractivity (Wildman–Crippen MR) is 90.2 cm³/mol. The zero-order valence-corrected chi connectivity index (χ0v) is 13.7. The van der Waals surface area contributed by atoms with Crippen molar-refractivity contribution in [1.29, 1.82) is 0 Å². The molecule has 0 aliphatic carbocycles. The number of carbonyl (C=O) groups excluding carboxylic acids is 1. The van der Waals surface area contributed by atoms with E-state index in [1.165, 1.54) is 0 Å². The lowest BCUT2D eigenvalue weighted by Gasteiger charge is -2.22. The zero-order chi connectivity index (χ0) is 15.9. The summed E-state index contributed by atoms with van der Waals surface area (Å²) < 4.78 is 10.6. The molecular formula is C16H22N2O3S. The monoisotopic (exact) mass is 322 g/mol. The fourth-order valence-corrected chi connectivity index (χ4v) is 2.67. The van der Waals surface area contributed by atoms with Crippen LogP contribution < -0.4 is 10.6 Å². The fourth-order valence-electron chi connectivity index (χ4n) is 2.37. The highest BCUT2D eigenvalue weighted by molar-refractivity contribution is 7.80. The summed E-state index contributed by atoms with van der Waals surface area (Å²) in [6.07, 6.45) is 2.38. The smallest absolute Gasteiger partial charge is 0.338 e. The molecule has 6 heteroatoms. The second-order valence-corrected chi connectivity index (χ2v) is 5.64. The van der Waals surface area contributed by atoms with Crippen molar-refractivity contribution in [3.05, 3.63) is 29.8 Å². The first-order chi connectivity index (χ1) is 10.6. The molecule has 5 nitrogen and oxygen atoms in total. The van der Waals surface area contributed by atoms with Gasteiger partial charge in [-0.05, 0) is 63.2 Å². The topological polar surface area (TPSA) is 59.6 Å². The molecule has 1 aromatic carbocycles. The standard InChI is InChI=1S/C16H22N2O3S/c1-3-20-15(19)12-6-8-13(9-7-12)18-16(22)17-11(2)14-5-4-10-21-14/h6-9,11,14H,3-5,10H2,1-2H3,(H2,17,18,22). The molecule has 0 spiro atoms. The lowest BCUT2D eigenvalue weighted by Crippen LogP contribution is -2.42. The Kier molecular flexibility index (Phi) is 6.15. The Hall–Kier alpha value is -1.66. The normalized spacial score (nSPS) is 18.5. The molecule has 1 heterocycles. The molecule has 2 N–H and O–H groups in total. The van der Waals surface area contributed by atoms with Crippen molar-refractivity contribution >= 4 is 29.0 Å². The summed E-state index contributed by atoms with van der Waals surface area (Å²) in [5, 5.41) is 6.89. The third kappa shape index (κ3) is 4.68. The Morgan fingerprint density at radius 3 is 2.77 bits per heavy atom. The summed E-state index contributed by atoms with van der Waals surface area (Å²) in [5.41, 5.74) is 1.35. The Bertz CT molecular complexity index is 513. The number of carbonyl (C=O) groups is 1. The molecular weight excluding hydrogens is 300 g/mol. The van der Waals surface area contributed by atoms with Gasteiger partial charge in [0.05, 0.1) is 24.3 Å². The van der Waals surface area contributed by atoms with Crippen LogP contribution in [0.1, 0.15) is 37.0 Å². The highest BCUT2D eigenvalue weighted by atomic mass is 32.1. The van der Waals surface area contributed by atoms with Crippen LogP contribution in [-0.4, -0.2) is 36.4 Å². The molecule has 1 aromatic rings. The van der Waals surface area contributed by atoms with Crippen molar-refractivity contribution in [3.63, 3.8) is 0 Å². The summed E-state index contributed by atoms with van der Waals surface area (Å²) in [4.78, 5) is 11.6. The fraction of sp³-hybridized carbons (Fsp3) is 0.500. The third-order valence-corrected chi connectivity index (χ3v) is 3.76. The summed E-state index contributed by atoms with van der Waals surface area (Å²) >= 11 is 5.30. The quantitative estimate of drug-likeness (QED) is 0.642. The van der Waals surface area contributed by atoms with E-state index in [0.717, 1.165) is 25.1 Å². The van der Waals surface area contributed by atoms with Gasteiger partial charge in [-0.25, -0.2) is 4.79 Å². The molecule has 0 saturated carbocycles. The number of benzene rings is 1. The van der Waals surface area contributed by atoms with Crippen LogP contribution in [0.4, 0.5) is 5.69 Å². The van der Waals surface area contributed by atoms with E-state index in [0.29, 0.717) is 17.3 Å². The molecule has 2 rings (SSSR count). The van der Waals surface area contributed by atoms with Gasteiger partial charge in [0.15, 0.2) is 5.11 Å². The van der Waals surface area contributed by atoms with E-state index in [1.54, 1.807) is 31.2 Å². The Labute approximate surface area is 136 Å². The lowest BCUT2D eigenvalue weighted by molar-refractivity contribution is 0.0526. The number of anilines is 1. The molecule has 120 valence electrons. The maximum Gasteiger partial charge on any atom is 0.338 e. The van der Waals surface area contributed by atoms with Crippen molar-refractivity contribution in [2.24, 2.45) is 0 Å². The first-order valence-electron chi connectivity index (χ1n) is 7.56. The van der Waals surface area contributed by atoms with Gasteiger partial charge >= 0.3 is 5.97 Å². The van der Waals surface area contributed by atoms with Crippen LogP contribution in [0.15, 0.2) is 24.3 Å². The zero-order valence-electron chi connectivity index (χ0n) is 12.9. The molecule has 0 amide bonds. The average Bonchev–Trinajstić information content (AvgIpc) is 3.02. The number of esters is 1. The Morgan fingerprint density at radius 1 is 1.45 bits per heavy atom.